The lowest BCUT2D eigenvalue weighted by molar-refractivity contribution is -0.137. The van der Waals surface area contributed by atoms with Crippen LogP contribution in [0.5, 0.6) is 5.75 Å². The minimum atomic E-state index is -1.20. The van der Waals surface area contributed by atoms with Crippen molar-refractivity contribution in [2.75, 3.05) is 6.54 Å². The molecule has 0 aliphatic heterocycles. The van der Waals surface area contributed by atoms with Gasteiger partial charge in [0.05, 0.1) is 6.20 Å². The van der Waals surface area contributed by atoms with Gasteiger partial charge < -0.3 is 15.1 Å². The third-order valence-corrected chi connectivity index (χ3v) is 4.08. The first-order valence-corrected chi connectivity index (χ1v) is 8.80. The number of hydrogen-bond donors (Lipinski definition) is 3. The topological polar surface area (TPSA) is 139 Å². The first-order valence-electron chi connectivity index (χ1n) is 8.42. The zero-order valence-corrected chi connectivity index (χ0v) is 15.7. The van der Waals surface area contributed by atoms with Gasteiger partial charge in [-0.05, 0) is 30.2 Å². The fourth-order valence-corrected chi connectivity index (χ4v) is 2.52. The highest BCUT2D eigenvalue weighted by Crippen LogP contribution is 2.23. The van der Waals surface area contributed by atoms with E-state index in [0.717, 1.165) is 12.0 Å². The van der Waals surface area contributed by atoms with Crippen LogP contribution in [0.1, 0.15) is 16.1 Å². The number of carboxylic acid groups (broad SMARTS) is 1. The third kappa shape index (κ3) is 5.50. The summed E-state index contributed by atoms with van der Waals surface area (Å²) in [5.74, 6) is -2.65. The summed E-state index contributed by atoms with van der Waals surface area (Å²) in [6, 6.07) is 8.81. The van der Waals surface area contributed by atoms with Crippen molar-refractivity contribution < 1.29 is 24.6 Å². The molecule has 0 unspecified atom stereocenters. The second-order valence-corrected chi connectivity index (χ2v) is 6.38. The number of aliphatic carboxylic acids is 1. The van der Waals surface area contributed by atoms with Gasteiger partial charge in [-0.25, -0.2) is 9.78 Å². The summed E-state index contributed by atoms with van der Waals surface area (Å²) < 4.78 is 1.65. The highest BCUT2D eigenvalue weighted by molar-refractivity contribution is 6.30. The SMILES string of the molecule is O=C(O)CNOC(=O)c1ncc(-c2cn(CCc3ccc(Cl)cc3)nn2)cc1O. The molecule has 0 radical (unpaired) electrons. The van der Waals surface area contributed by atoms with Gasteiger partial charge in [-0.1, -0.05) is 28.9 Å². The summed E-state index contributed by atoms with van der Waals surface area (Å²) in [5.41, 5.74) is 3.62. The molecule has 2 heterocycles. The molecule has 0 spiro atoms. The zero-order chi connectivity index (χ0) is 20.8. The van der Waals surface area contributed by atoms with Gasteiger partial charge >= 0.3 is 11.9 Å². The minimum Gasteiger partial charge on any atom is -0.505 e. The molecule has 3 rings (SSSR count). The number of rotatable bonds is 8. The van der Waals surface area contributed by atoms with E-state index >= 15 is 0 Å². The van der Waals surface area contributed by atoms with Crippen molar-refractivity contribution in [2.45, 2.75) is 13.0 Å². The maximum atomic E-state index is 11.8. The molecule has 11 heteroatoms. The molecule has 0 amide bonds. The first-order chi connectivity index (χ1) is 13.9. The Morgan fingerprint density at radius 1 is 1.24 bits per heavy atom. The maximum absolute atomic E-state index is 11.8. The van der Waals surface area contributed by atoms with Crippen LogP contribution >= 0.6 is 11.6 Å². The number of nitrogens with one attached hydrogen (secondary N) is 1. The van der Waals surface area contributed by atoms with Crippen LogP contribution in [0.2, 0.25) is 5.02 Å². The summed E-state index contributed by atoms with van der Waals surface area (Å²) in [6.45, 7) is 0.0113. The number of carbonyl (C=O) groups excluding carboxylic acids is 1. The van der Waals surface area contributed by atoms with Gasteiger partial charge in [-0.15, -0.1) is 10.6 Å². The Labute approximate surface area is 169 Å². The predicted molar refractivity (Wildman–Crippen MR) is 101 cm³/mol. The predicted octanol–water partition coefficient (Wildman–Crippen LogP) is 1.69. The van der Waals surface area contributed by atoms with E-state index in [1.807, 2.05) is 29.7 Å². The number of carboxylic acids is 1. The molecular formula is C18H16ClN5O5. The van der Waals surface area contributed by atoms with Crippen LogP contribution in [0.3, 0.4) is 0 Å². The molecule has 0 atom stereocenters. The third-order valence-electron chi connectivity index (χ3n) is 3.83. The molecule has 150 valence electrons. The van der Waals surface area contributed by atoms with Crippen molar-refractivity contribution >= 4 is 23.5 Å². The molecule has 3 N–H and O–H groups in total. The fraction of sp³-hybridized carbons (Fsp3) is 0.167. The van der Waals surface area contributed by atoms with E-state index in [2.05, 4.69) is 20.1 Å². The van der Waals surface area contributed by atoms with Gasteiger partial charge in [-0.2, -0.15) is 0 Å². The number of hydroxylamine groups is 1. The molecule has 29 heavy (non-hydrogen) atoms. The Bertz CT molecular complexity index is 1020. The van der Waals surface area contributed by atoms with Crippen LogP contribution in [-0.2, 0) is 22.6 Å². The number of aromatic nitrogens is 4. The zero-order valence-electron chi connectivity index (χ0n) is 14.9. The molecule has 1 aromatic carbocycles. The Balaban J connectivity index is 1.63. The standard InChI is InChI=1S/C18H16ClN5O5/c19-13-3-1-11(2-4-13)5-6-24-10-14(22-23-24)12-7-15(25)17(20-8-12)18(28)29-21-9-16(26)27/h1-4,7-8,10,21,25H,5-6,9H2,(H,26,27). The first kappa shape index (κ1) is 20.2. The highest BCUT2D eigenvalue weighted by Gasteiger charge is 2.17. The summed E-state index contributed by atoms with van der Waals surface area (Å²) >= 11 is 5.87. The van der Waals surface area contributed by atoms with Gasteiger partial charge in [0.15, 0.2) is 5.69 Å². The van der Waals surface area contributed by atoms with E-state index in [0.29, 0.717) is 22.8 Å². The number of carbonyl (C=O) groups is 2. The molecular weight excluding hydrogens is 402 g/mol. The molecule has 0 bridgehead atoms. The monoisotopic (exact) mass is 417 g/mol. The normalized spacial score (nSPS) is 10.7. The number of nitrogens with zero attached hydrogens (tertiary/aromatic N) is 4. The van der Waals surface area contributed by atoms with Gasteiger partial charge in [0.25, 0.3) is 0 Å². The molecule has 0 aliphatic rings. The lowest BCUT2D eigenvalue weighted by Gasteiger charge is -2.05. The molecule has 0 saturated carbocycles. The van der Waals surface area contributed by atoms with E-state index in [9.17, 15) is 14.7 Å². The van der Waals surface area contributed by atoms with Crippen molar-refractivity contribution in [3.63, 3.8) is 0 Å². The summed E-state index contributed by atoms with van der Waals surface area (Å²) in [5, 5.41) is 27.3. The molecule has 0 aliphatic carbocycles. The largest absolute Gasteiger partial charge is 0.505 e. The lowest BCUT2D eigenvalue weighted by Crippen LogP contribution is -2.26. The molecule has 0 fully saturated rings. The molecule has 3 aromatic rings. The second-order valence-electron chi connectivity index (χ2n) is 5.94. The Kier molecular flexibility index (Phi) is 6.37. The lowest BCUT2D eigenvalue weighted by atomic mass is 10.1. The van der Waals surface area contributed by atoms with Crippen molar-refractivity contribution in [3.05, 3.63) is 59.0 Å². The van der Waals surface area contributed by atoms with Crippen LogP contribution in [0.15, 0.2) is 42.7 Å². The molecule has 2 aromatic heterocycles. The van der Waals surface area contributed by atoms with Crippen LogP contribution < -0.4 is 5.48 Å². The van der Waals surface area contributed by atoms with Crippen molar-refractivity contribution in [1.29, 1.82) is 0 Å². The Hall–Kier alpha value is -3.50. The van der Waals surface area contributed by atoms with Crippen LogP contribution in [0.25, 0.3) is 11.3 Å². The van der Waals surface area contributed by atoms with Crippen molar-refractivity contribution in [3.8, 4) is 17.0 Å². The van der Waals surface area contributed by atoms with E-state index < -0.39 is 24.2 Å². The summed E-state index contributed by atoms with van der Waals surface area (Å²) in [4.78, 5) is 30.6. The quantitative estimate of drug-likeness (QED) is 0.467. The maximum Gasteiger partial charge on any atom is 0.379 e. The summed E-state index contributed by atoms with van der Waals surface area (Å²) in [6.07, 6.45) is 3.76. The number of aromatic hydroxyl groups is 1. The van der Waals surface area contributed by atoms with E-state index in [-0.39, 0.29) is 5.69 Å². The van der Waals surface area contributed by atoms with Gasteiger partial charge in [0.2, 0.25) is 0 Å². The Morgan fingerprint density at radius 3 is 2.69 bits per heavy atom. The molecule has 0 saturated heterocycles. The average molecular weight is 418 g/mol. The van der Waals surface area contributed by atoms with E-state index in [1.165, 1.54) is 12.3 Å². The Morgan fingerprint density at radius 2 is 2.00 bits per heavy atom. The van der Waals surface area contributed by atoms with Crippen molar-refractivity contribution in [2.24, 2.45) is 0 Å². The number of pyridine rings is 1. The van der Waals surface area contributed by atoms with Gasteiger partial charge in [-0.3, -0.25) is 9.48 Å². The molecule has 10 nitrogen and oxygen atoms in total. The van der Waals surface area contributed by atoms with E-state index in [4.69, 9.17) is 16.7 Å². The number of hydrogen-bond acceptors (Lipinski definition) is 8. The average Bonchev–Trinajstić information content (AvgIpc) is 3.16. The van der Waals surface area contributed by atoms with Gasteiger partial charge in [0.1, 0.15) is 18.0 Å². The number of aryl methyl sites for hydroxylation is 2. The summed E-state index contributed by atoms with van der Waals surface area (Å²) in [7, 11) is 0. The fourth-order valence-electron chi connectivity index (χ4n) is 2.40. The smallest absolute Gasteiger partial charge is 0.379 e. The minimum absolute atomic E-state index is 0.359. The van der Waals surface area contributed by atoms with E-state index in [1.54, 1.807) is 10.9 Å². The number of halogens is 1. The number of benzene rings is 1. The van der Waals surface area contributed by atoms with Crippen LogP contribution in [-0.4, -0.2) is 48.7 Å². The van der Waals surface area contributed by atoms with Gasteiger partial charge in [0, 0.05) is 23.3 Å². The second kappa shape index (κ2) is 9.13. The van der Waals surface area contributed by atoms with Crippen LogP contribution in [0.4, 0.5) is 0 Å². The van der Waals surface area contributed by atoms with Crippen LogP contribution in [0, 0.1) is 0 Å². The highest BCUT2D eigenvalue weighted by atomic mass is 35.5. The van der Waals surface area contributed by atoms with Crippen molar-refractivity contribution in [1.82, 2.24) is 25.5 Å².